The molecule has 0 spiro atoms. The van der Waals surface area contributed by atoms with E-state index in [1.54, 1.807) is 0 Å². The van der Waals surface area contributed by atoms with Crippen LogP contribution in [0.5, 0.6) is 0 Å². The second kappa shape index (κ2) is 26.9. The van der Waals surface area contributed by atoms with Gasteiger partial charge < -0.3 is 9.47 Å². The van der Waals surface area contributed by atoms with Crippen molar-refractivity contribution in [3.63, 3.8) is 0 Å². The number of allylic oxidation sites excluding steroid dienone is 10. The van der Waals surface area contributed by atoms with Crippen LogP contribution < -0.4 is 0 Å². The van der Waals surface area contributed by atoms with Gasteiger partial charge in [0.2, 0.25) is 0 Å². The van der Waals surface area contributed by atoms with Gasteiger partial charge in [-0.15, -0.1) is 0 Å². The molecule has 34 heavy (non-hydrogen) atoms. The van der Waals surface area contributed by atoms with E-state index in [-0.39, 0.29) is 11.9 Å². The van der Waals surface area contributed by atoms with E-state index in [4.69, 9.17) is 0 Å². The lowest BCUT2D eigenvalue weighted by molar-refractivity contribution is -0.141. The van der Waals surface area contributed by atoms with Crippen LogP contribution in [0.3, 0.4) is 0 Å². The first-order valence-electron chi connectivity index (χ1n) is 13.2. The molecule has 0 atom stereocenters. The maximum Gasteiger partial charge on any atom is 0.305 e. The molecule has 192 valence electrons. The molecule has 0 saturated carbocycles. The molecule has 0 unspecified atom stereocenters. The van der Waals surface area contributed by atoms with Gasteiger partial charge >= 0.3 is 11.9 Å². The molecule has 0 aliphatic carbocycles. The number of carbonyl (C=O) groups excluding carboxylic acids is 2. The molecule has 0 aromatic carbocycles. The molecule has 0 aliphatic heterocycles. The summed E-state index contributed by atoms with van der Waals surface area (Å²) in [6.07, 6.45) is 38.3. The Morgan fingerprint density at radius 1 is 0.441 bits per heavy atom. The molecule has 0 saturated heterocycles. The average Bonchev–Trinajstić information content (AvgIpc) is 2.85. The maximum atomic E-state index is 11.0. The van der Waals surface area contributed by atoms with E-state index in [9.17, 15) is 9.59 Å². The van der Waals surface area contributed by atoms with E-state index in [2.05, 4.69) is 58.1 Å². The van der Waals surface area contributed by atoms with Gasteiger partial charge in [0.1, 0.15) is 0 Å². The molecule has 0 aromatic rings. The molecule has 4 heteroatoms. The zero-order valence-corrected chi connectivity index (χ0v) is 21.7. The fourth-order valence-corrected chi connectivity index (χ4v) is 3.42. The van der Waals surface area contributed by atoms with Crippen molar-refractivity contribution in [2.75, 3.05) is 14.2 Å². The third kappa shape index (κ3) is 25.9. The van der Waals surface area contributed by atoms with E-state index in [1.165, 1.54) is 65.6 Å². The topological polar surface area (TPSA) is 52.6 Å². The Morgan fingerprint density at radius 3 is 1.09 bits per heavy atom. The van der Waals surface area contributed by atoms with Gasteiger partial charge in [0.05, 0.1) is 14.2 Å². The third-order valence-corrected chi connectivity index (χ3v) is 5.51. The molecule has 0 heterocycles. The van der Waals surface area contributed by atoms with Crippen LogP contribution in [0.15, 0.2) is 60.8 Å². The van der Waals surface area contributed by atoms with Gasteiger partial charge in [0.15, 0.2) is 0 Å². The number of hydrogen-bond acceptors (Lipinski definition) is 4. The van der Waals surface area contributed by atoms with Crippen molar-refractivity contribution in [1.29, 1.82) is 0 Å². The molecule has 0 amide bonds. The summed E-state index contributed by atoms with van der Waals surface area (Å²) in [5, 5.41) is 0. The van der Waals surface area contributed by atoms with Crippen LogP contribution in [0.2, 0.25) is 0 Å². The van der Waals surface area contributed by atoms with Crippen molar-refractivity contribution in [1.82, 2.24) is 0 Å². The zero-order chi connectivity index (χ0) is 25.0. The Kier molecular flexibility index (Phi) is 25.0. The number of esters is 2. The van der Waals surface area contributed by atoms with Crippen molar-refractivity contribution in [3.05, 3.63) is 60.8 Å². The second-order valence-corrected chi connectivity index (χ2v) is 8.48. The van der Waals surface area contributed by atoms with Crippen molar-refractivity contribution >= 4 is 11.9 Å². The molecule has 0 aromatic heterocycles. The van der Waals surface area contributed by atoms with Gasteiger partial charge in [-0.2, -0.15) is 0 Å². The normalized spacial score (nSPS) is 12.2. The summed E-state index contributed by atoms with van der Waals surface area (Å²) >= 11 is 0. The van der Waals surface area contributed by atoms with E-state index in [1.807, 2.05) is 12.2 Å². The minimum absolute atomic E-state index is 0.0964. The minimum Gasteiger partial charge on any atom is -0.469 e. The third-order valence-electron chi connectivity index (χ3n) is 5.51. The number of ether oxygens (including phenoxy) is 2. The van der Waals surface area contributed by atoms with E-state index in [0.29, 0.717) is 12.8 Å². The van der Waals surface area contributed by atoms with Crippen molar-refractivity contribution < 1.29 is 19.1 Å². The number of methoxy groups -OCH3 is 2. The highest BCUT2D eigenvalue weighted by Gasteiger charge is 1.99. The Labute approximate surface area is 208 Å². The standard InChI is InChI=1S/C30H48O4/c1-33-29(31)27-25-23-21-19-17-15-13-11-9-7-5-3-4-6-8-10-12-14-16-18-20-22-24-26-28-30(32)34-2/h3-12H,13-28H2,1-2H3/b4-3+,7-5-,8-6+,11-9-,12-10-. The quantitative estimate of drug-likeness (QED) is 0.0902. The number of hydrogen-bond donors (Lipinski definition) is 0. The fraction of sp³-hybridized carbons (Fsp3) is 0.600. The van der Waals surface area contributed by atoms with Gasteiger partial charge in [-0.05, 0) is 38.5 Å². The first-order valence-corrected chi connectivity index (χ1v) is 13.2. The highest BCUT2D eigenvalue weighted by molar-refractivity contribution is 5.69. The van der Waals surface area contributed by atoms with Crippen LogP contribution in [-0.2, 0) is 19.1 Å². The summed E-state index contributed by atoms with van der Waals surface area (Å²) in [5.74, 6) is -0.193. The van der Waals surface area contributed by atoms with Crippen LogP contribution in [-0.4, -0.2) is 26.2 Å². The van der Waals surface area contributed by atoms with Gasteiger partial charge in [0, 0.05) is 12.8 Å². The molecule has 4 nitrogen and oxygen atoms in total. The largest absolute Gasteiger partial charge is 0.469 e. The van der Waals surface area contributed by atoms with Crippen LogP contribution in [0, 0.1) is 0 Å². The maximum absolute atomic E-state index is 11.0. The minimum atomic E-state index is -0.0964. The lowest BCUT2D eigenvalue weighted by Gasteiger charge is -2.00. The van der Waals surface area contributed by atoms with Crippen LogP contribution >= 0.6 is 0 Å². The summed E-state index contributed by atoms with van der Waals surface area (Å²) in [6.45, 7) is 0. The second-order valence-electron chi connectivity index (χ2n) is 8.48. The molecular weight excluding hydrogens is 424 g/mol. The highest BCUT2D eigenvalue weighted by atomic mass is 16.5. The Morgan fingerprint density at radius 2 is 0.735 bits per heavy atom. The van der Waals surface area contributed by atoms with Crippen LogP contribution in [0.25, 0.3) is 0 Å². The highest BCUT2D eigenvalue weighted by Crippen LogP contribution is 2.10. The predicted molar refractivity (Wildman–Crippen MR) is 144 cm³/mol. The van der Waals surface area contributed by atoms with Gasteiger partial charge in [-0.3, -0.25) is 9.59 Å². The van der Waals surface area contributed by atoms with Gasteiger partial charge in [-0.25, -0.2) is 0 Å². The predicted octanol–water partition coefficient (Wildman–Crippen LogP) is 8.36. The molecule has 0 aliphatic rings. The van der Waals surface area contributed by atoms with E-state index < -0.39 is 0 Å². The molecule has 0 rings (SSSR count). The first kappa shape index (κ1) is 31.6. The van der Waals surface area contributed by atoms with Crippen molar-refractivity contribution in [2.24, 2.45) is 0 Å². The van der Waals surface area contributed by atoms with Gasteiger partial charge in [0.25, 0.3) is 0 Å². The molecule has 0 fully saturated rings. The van der Waals surface area contributed by atoms with Crippen molar-refractivity contribution in [2.45, 2.75) is 103 Å². The average molecular weight is 473 g/mol. The molecule has 0 bridgehead atoms. The van der Waals surface area contributed by atoms with Crippen LogP contribution in [0.1, 0.15) is 103 Å². The van der Waals surface area contributed by atoms with Gasteiger partial charge in [-0.1, -0.05) is 112 Å². The van der Waals surface area contributed by atoms with Crippen LogP contribution in [0.4, 0.5) is 0 Å². The molecule has 0 N–H and O–H groups in total. The number of unbranched alkanes of at least 4 members (excludes halogenated alkanes) is 12. The Hall–Kier alpha value is -2.36. The Bertz CT molecular complexity index is 572. The van der Waals surface area contributed by atoms with E-state index in [0.717, 1.165) is 38.5 Å². The SMILES string of the molecule is COC(=O)CCCCCCCC\C=C/C=C\C=C\C=C\C=C/CCCCCCCCC(=O)OC. The summed E-state index contributed by atoms with van der Waals surface area (Å²) in [6, 6.07) is 0. The lowest BCUT2D eigenvalue weighted by atomic mass is 10.1. The zero-order valence-electron chi connectivity index (χ0n) is 21.7. The molecular formula is C30H48O4. The number of carbonyl (C=O) groups is 2. The fourth-order valence-electron chi connectivity index (χ4n) is 3.42. The summed E-state index contributed by atoms with van der Waals surface area (Å²) in [7, 11) is 2.90. The summed E-state index contributed by atoms with van der Waals surface area (Å²) < 4.78 is 9.28. The summed E-state index contributed by atoms with van der Waals surface area (Å²) in [5.41, 5.74) is 0. The Balaban J connectivity index is 3.46. The van der Waals surface area contributed by atoms with Crippen molar-refractivity contribution in [3.8, 4) is 0 Å². The summed E-state index contributed by atoms with van der Waals surface area (Å²) in [4.78, 5) is 22.0. The van der Waals surface area contributed by atoms with E-state index >= 15 is 0 Å². The lowest BCUT2D eigenvalue weighted by Crippen LogP contribution is -1.99. The first-order chi connectivity index (χ1) is 16.7. The molecule has 0 radical (unpaired) electrons. The smallest absolute Gasteiger partial charge is 0.305 e. The monoisotopic (exact) mass is 472 g/mol. The number of rotatable bonds is 22.